The molecule has 0 atom stereocenters. The van der Waals surface area contributed by atoms with E-state index in [1.807, 2.05) is 0 Å². The van der Waals surface area contributed by atoms with Crippen LogP contribution in [0.1, 0.15) is 25.7 Å². The zero-order chi connectivity index (χ0) is 14.0. The molecule has 0 aliphatic carbocycles. The van der Waals surface area contributed by atoms with Crippen LogP contribution in [0.15, 0.2) is 24.3 Å². The van der Waals surface area contributed by atoms with E-state index in [2.05, 4.69) is 25.2 Å². The van der Waals surface area contributed by atoms with Gasteiger partial charge in [0.25, 0.3) is 0 Å². The smallest absolute Gasteiger partial charge is 0.339 e. The highest BCUT2D eigenvalue weighted by Crippen LogP contribution is 2.26. The highest BCUT2D eigenvalue weighted by molar-refractivity contribution is 7.12. The van der Waals surface area contributed by atoms with Gasteiger partial charge in [-0.2, -0.15) is 0 Å². The first-order chi connectivity index (χ1) is 8.99. The molecule has 0 saturated heterocycles. The number of carboxylic acid groups (broad SMARTS) is 1. The molecule has 2 N–H and O–H groups in total. The molecule has 5 heteroatoms. The van der Waals surface area contributed by atoms with Gasteiger partial charge in [0.05, 0.1) is 10.7 Å². The van der Waals surface area contributed by atoms with Gasteiger partial charge in [0.1, 0.15) is 5.56 Å². The number of rotatable bonds is 4. The Kier molecular flexibility index (Phi) is 4.12. The zero-order valence-electron chi connectivity index (χ0n) is 10.7. The molecule has 0 bridgehead atoms. The fourth-order valence-corrected chi connectivity index (χ4v) is 3.06. The van der Waals surface area contributed by atoms with Crippen LogP contribution in [0.3, 0.4) is 0 Å². The summed E-state index contributed by atoms with van der Waals surface area (Å²) in [7, 11) is 0. The number of nitrogens with one attached hydrogen (secondary N) is 1. The van der Waals surface area contributed by atoms with E-state index in [4.69, 9.17) is 11.6 Å². The number of carbonyl (C=O) groups is 1. The first-order valence-electron chi connectivity index (χ1n) is 5.80. The Hall–Kier alpha value is -1.52. The zero-order valence-corrected chi connectivity index (χ0v) is 12.2. The van der Waals surface area contributed by atoms with Gasteiger partial charge >= 0.3 is 5.97 Å². The molecule has 0 fully saturated rings. The van der Waals surface area contributed by atoms with Crippen molar-refractivity contribution in [2.75, 3.05) is 5.32 Å². The Morgan fingerprint density at radius 1 is 1.42 bits per heavy atom. The van der Waals surface area contributed by atoms with E-state index >= 15 is 0 Å². The molecule has 2 aromatic rings. The normalized spacial score (nSPS) is 10.5. The van der Waals surface area contributed by atoms with E-state index in [0.29, 0.717) is 12.2 Å². The van der Waals surface area contributed by atoms with E-state index in [1.54, 1.807) is 29.5 Å². The van der Waals surface area contributed by atoms with Gasteiger partial charge in [-0.1, -0.05) is 17.7 Å². The highest BCUT2D eigenvalue weighted by atomic mass is 35.5. The van der Waals surface area contributed by atoms with Crippen molar-refractivity contribution in [3.05, 3.63) is 50.2 Å². The maximum absolute atomic E-state index is 11.2. The van der Waals surface area contributed by atoms with Crippen LogP contribution < -0.4 is 5.32 Å². The van der Waals surface area contributed by atoms with Gasteiger partial charge in [-0.25, -0.2) is 4.79 Å². The fourth-order valence-electron chi connectivity index (χ4n) is 1.81. The molecule has 0 radical (unpaired) electrons. The number of aryl methyl sites for hydroxylation is 2. The van der Waals surface area contributed by atoms with E-state index in [9.17, 15) is 9.90 Å². The maximum Gasteiger partial charge on any atom is 0.339 e. The predicted molar refractivity (Wildman–Crippen MR) is 79.5 cm³/mol. The van der Waals surface area contributed by atoms with Crippen molar-refractivity contribution >= 4 is 34.6 Å². The van der Waals surface area contributed by atoms with Crippen molar-refractivity contribution in [2.24, 2.45) is 0 Å². The maximum atomic E-state index is 11.2. The minimum absolute atomic E-state index is 0.120. The van der Waals surface area contributed by atoms with Crippen LogP contribution in [0, 0.1) is 13.8 Å². The lowest BCUT2D eigenvalue weighted by Gasteiger charge is -2.09. The Morgan fingerprint density at radius 2 is 2.16 bits per heavy atom. The van der Waals surface area contributed by atoms with Crippen LogP contribution in [0.5, 0.6) is 0 Å². The lowest BCUT2D eigenvalue weighted by Crippen LogP contribution is -2.06. The predicted octanol–water partition coefficient (Wildman–Crippen LogP) is 4.33. The lowest BCUT2D eigenvalue weighted by molar-refractivity contribution is 0.0698. The Balaban J connectivity index is 2.20. The van der Waals surface area contributed by atoms with Crippen LogP contribution in [0.4, 0.5) is 5.69 Å². The van der Waals surface area contributed by atoms with E-state index in [1.165, 1.54) is 15.3 Å². The topological polar surface area (TPSA) is 49.3 Å². The molecular formula is C14H14ClNO2S. The highest BCUT2D eigenvalue weighted by Gasteiger charge is 2.14. The molecule has 19 heavy (non-hydrogen) atoms. The number of hydrogen-bond donors (Lipinski definition) is 2. The molecule has 0 spiro atoms. The van der Waals surface area contributed by atoms with Gasteiger partial charge in [-0.05, 0) is 37.6 Å². The first kappa shape index (κ1) is 13.9. The number of halogens is 1. The second kappa shape index (κ2) is 5.63. The fraction of sp³-hybridized carbons (Fsp3) is 0.214. The number of carboxylic acids is 1. The summed E-state index contributed by atoms with van der Waals surface area (Å²) in [4.78, 5) is 13.6. The molecule has 100 valence electrons. The van der Waals surface area contributed by atoms with Crippen LogP contribution in [0.2, 0.25) is 5.02 Å². The first-order valence-corrected chi connectivity index (χ1v) is 7.00. The van der Waals surface area contributed by atoms with Crippen molar-refractivity contribution in [3.8, 4) is 0 Å². The summed E-state index contributed by atoms with van der Waals surface area (Å²) in [5.41, 5.74) is 1.92. The van der Waals surface area contributed by atoms with Crippen molar-refractivity contribution in [2.45, 2.75) is 20.4 Å². The number of thiophene rings is 1. The molecule has 3 nitrogen and oxygen atoms in total. The SMILES string of the molecule is Cc1cc(CNc2cccc(Cl)c2C(=O)O)sc1C. The van der Waals surface area contributed by atoms with Gasteiger partial charge in [0.15, 0.2) is 0 Å². The summed E-state index contributed by atoms with van der Waals surface area (Å²) in [6, 6.07) is 7.15. The molecule has 0 amide bonds. The lowest BCUT2D eigenvalue weighted by atomic mass is 10.1. The summed E-state index contributed by atoms with van der Waals surface area (Å²) in [5.74, 6) is -1.02. The van der Waals surface area contributed by atoms with Crippen molar-refractivity contribution in [1.82, 2.24) is 0 Å². The molecule has 1 aromatic carbocycles. The van der Waals surface area contributed by atoms with Gasteiger partial charge < -0.3 is 10.4 Å². The van der Waals surface area contributed by atoms with Crippen LogP contribution in [-0.4, -0.2) is 11.1 Å². The molecule has 0 aliphatic heterocycles. The van der Waals surface area contributed by atoms with Gasteiger partial charge in [-0.3, -0.25) is 0 Å². The monoisotopic (exact) mass is 295 g/mol. The number of benzene rings is 1. The van der Waals surface area contributed by atoms with Crippen molar-refractivity contribution in [1.29, 1.82) is 0 Å². The summed E-state index contributed by atoms with van der Waals surface area (Å²) < 4.78 is 0. The largest absolute Gasteiger partial charge is 0.478 e. The van der Waals surface area contributed by atoms with E-state index in [-0.39, 0.29) is 10.6 Å². The van der Waals surface area contributed by atoms with Crippen LogP contribution in [-0.2, 0) is 6.54 Å². The molecule has 0 aliphatic rings. The third-order valence-electron chi connectivity index (χ3n) is 2.90. The molecule has 0 saturated carbocycles. The van der Waals surface area contributed by atoms with E-state index < -0.39 is 5.97 Å². The molecule has 1 heterocycles. The summed E-state index contributed by atoms with van der Waals surface area (Å²) in [6.45, 7) is 4.74. The minimum Gasteiger partial charge on any atom is -0.478 e. The summed E-state index contributed by atoms with van der Waals surface area (Å²) in [5, 5.41) is 12.6. The van der Waals surface area contributed by atoms with Gasteiger partial charge in [0, 0.05) is 16.3 Å². The van der Waals surface area contributed by atoms with Crippen molar-refractivity contribution in [3.63, 3.8) is 0 Å². The second-order valence-corrected chi connectivity index (χ2v) is 6.02. The average Bonchev–Trinajstić information content (AvgIpc) is 2.65. The van der Waals surface area contributed by atoms with Crippen LogP contribution >= 0.6 is 22.9 Å². The third-order valence-corrected chi connectivity index (χ3v) is 4.37. The number of aromatic carboxylic acids is 1. The molecule has 2 rings (SSSR count). The quantitative estimate of drug-likeness (QED) is 0.882. The molecular weight excluding hydrogens is 282 g/mol. The van der Waals surface area contributed by atoms with Gasteiger partial charge in [0.2, 0.25) is 0 Å². The third kappa shape index (κ3) is 3.08. The Labute approximate surface area is 120 Å². The van der Waals surface area contributed by atoms with Gasteiger partial charge in [-0.15, -0.1) is 11.3 Å². The second-order valence-electron chi connectivity index (χ2n) is 4.27. The summed E-state index contributed by atoms with van der Waals surface area (Å²) in [6.07, 6.45) is 0. The van der Waals surface area contributed by atoms with Crippen LogP contribution in [0.25, 0.3) is 0 Å². The standard InChI is InChI=1S/C14H14ClNO2S/c1-8-6-10(19-9(8)2)7-16-12-5-3-4-11(15)13(12)14(17)18/h3-6,16H,7H2,1-2H3,(H,17,18). The number of anilines is 1. The summed E-state index contributed by atoms with van der Waals surface area (Å²) >= 11 is 7.63. The Morgan fingerprint density at radius 3 is 2.74 bits per heavy atom. The number of hydrogen-bond acceptors (Lipinski definition) is 3. The minimum atomic E-state index is -1.02. The van der Waals surface area contributed by atoms with Crippen molar-refractivity contribution < 1.29 is 9.90 Å². The van der Waals surface area contributed by atoms with E-state index in [0.717, 1.165) is 0 Å². The Bertz CT molecular complexity index is 602. The molecule has 1 aromatic heterocycles. The molecule has 0 unspecified atom stereocenters. The average molecular weight is 296 g/mol.